The van der Waals surface area contributed by atoms with Gasteiger partial charge in [0, 0.05) is 22.4 Å². The second-order valence-corrected chi connectivity index (χ2v) is 5.48. The van der Waals surface area contributed by atoms with Gasteiger partial charge in [0.1, 0.15) is 16.7 Å². The van der Waals surface area contributed by atoms with Crippen LogP contribution in [0.2, 0.25) is 10.0 Å². The maximum atomic E-state index is 6.11. The fourth-order valence-electron chi connectivity index (χ4n) is 1.37. The van der Waals surface area contributed by atoms with Gasteiger partial charge in [-0.3, -0.25) is 0 Å². The molecule has 1 aromatic heterocycles. The third kappa shape index (κ3) is 3.28. The Morgan fingerprint density at radius 2 is 2.00 bits per heavy atom. The van der Waals surface area contributed by atoms with Gasteiger partial charge in [-0.15, -0.1) is 0 Å². The number of nitrogen functional groups attached to an aromatic ring is 1. The molecule has 0 radical (unpaired) electrons. The van der Waals surface area contributed by atoms with Crippen molar-refractivity contribution < 1.29 is 0 Å². The Morgan fingerprint density at radius 1 is 1.22 bits per heavy atom. The Balaban J connectivity index is 2.33. The van der Waals surface area contributed by atoms with E-state index in [2.05, 4.69) is 9.97 Å². The van der Waals surface area contributed by atoms with Crippen LogP contribution >= 0.6 is 35.0 Å². The summed E-state index contributed by atoms with van der Waals surface area (Å²) in [5.41, 5.74) is 5.73. The smallest absolute Gasteiger partial charge is 0.131 e. The van der Waals surface area contributed by atoms with E-state index in [-0.39, 0.29) is 0 Å². The van der Waals surface area contributed by atoms with Gasteiger partial charge in [-0.25, -0.2) is 9.97 Å². The van der Waals surface area contributed by atoms with Crippen LogP contribution in [0, 0.1) is 0 Å². The predicted molar refractivity (Wildman–Crippen MR) is 76.4 cm³/mol. The topological polar surface area (TPSA) is 51.8 Å². The second kappa shape index (κ2) is 5.78. The molecule has 1 heterocycles. The summed E-state index contributed by atoms with van der Waals surface area (Å²) in [7, 11) is 0. The molecule has 94 valence electrons. The van der Waals surface area contributed by atoms with Crippen LogP contribution in [-0.2, 0) is 6.42 Å². The summed E-state index contributed by atoms with van der Waals surface area (Å²) in [4.78, 5) is 9.37. The minimum atomic E-state index is 0.461. The fourth-order valence-corrected chi connectivity index (χ4v) is 2.75. The quantitative estimate of drug-likeness (QED) is 0.868. The Hall–Kier alpha value is -0.970. The molecule has 2 aromatic rings. The molecule has 2 N–H and O–H groups in total. The minimum Gasteiger partial charge on any atom is -0.384 e. The summed E-state index contributed by atoms with van der Waals surface area (Å²) in [6, 6.07) is 7.04. The highest BCUT2D eigenvalue weighted by atomic mass is 35.5. The minimum absolute atomic E-state index is 0.461. The number of hydrogen-bond acceptors (Lipinski definition) is 4. The van der Waals surface area contributed by atoms with E-state index < -0.39 is 0 Å². The lowest BCUT2D eigenvalue weighted by atomic mass is 10.4. The van der Waals surface area contributed by atoms with E-state index in [0.717, 1.165) is 22.2 Å². The largest absolute Gasteiger partial charge is 0.384 e. The highest BCUT2D eigenvalue weighted by molar-refractivity contribution is 7.99. The first kappa shape index (κ1) is 13.5. The molecule has 0 bridgehead atoms. The third-order valence-corrected chi connectivity index (χ3v) is 3.85. The van der Waals surface area contributed by atoms with Crippen LogP contribution < -0.4 is 5.73 Å². The van der Waals surface area contributed by atoms with Crippen molar-refractivity contribution in [2.24, 2.45) is 0 Å². The monoisotopic (exact) mass is 299 g/mol. The third-order valence-electron chi connectivity index (χ3n) is 2.19. The lowest BCUT2D eigenvalue weighted by Gasteiger charge is -2.06. The van der Waals surface area contributed by atoms with Crippen LogP contribution in [0.25, 0.3) is 0 Å². The molecule has 0 aliphatic rings. The van der Waals surface area contributed by atoms with Gasteiger partial charge in [-0.2, -0.15) is 0 Å². The van der Waals surface area contributed by atoms with E-state index in [9.17, 15) is 0 Å². The van der Waals surface area contributed by atoms with E-state index in [0.29, 0.717) is 15.9 Å². The summed E-state index contributed by atoms with van der Waals surface area (Å²) >= 11 is 13.5. The normalized spacial score (nSPS) is 10.6. The van der Waals surface area contributed by atoms with Crippen molar-refractivity contribution in [3.63, 3.8) is 0 Å². The lowest BCUT2D eigenvalue weighted by Crippen LogP contribution is -1.99. The van der Waals surface area contributed by atoms with Gasteiger partial charge in [0.2, 0.25) is 0 Å². The molecule has 0 atom stereocenters. The number of aryl methyl sites for hydroxylation is 1. The van der Waals surface area contributed by atoms with Gasteiger partial charge in [0.15, 0.2) is 0 Å². The van der Waals surface area contributed by atoms with Crippen molar-refractivity contribution in [3.8, 4) is 0 Å². The molecule has 0 aliphatic carbocycles. The van der Waals surface area contributed by atoms with Gasteiger partial charge >= 0.3 is 0 Å². The molecular formula is C12H11Cl2N3S. The van der Waals surface area contributed by atoms with Gasteiger partial charge in [-0.1, -0.05) is 41.9 Å². The fraction of sp³-hybridized carbons (Fsp3) is 0.167. The Morgan fingerprint density at radius 3 is 2.72 bits per heavy atom. The van der Waals surface area contributed by atoms with E-state index >= 15 is 0 Å². The average molecular weight is 300 g/mol. The van der Waals surface area contributed by atoms with Crippen molar-refractivity contribution in [2.45, 2.75) is 23.3 Å². The first-order chi connectivity index (χ1) is 8.58. The zero-order valence-electron chi connectivity index (χ0n) is 9.65. The lowest BCUT2D eigenvalue weighted by molar-refractivity contribution is 0.894. The number of aromatic nitrogens is 2. The first-order valence-electron chi connectivity index (χ1n) is 5.35. The summed E-state index contributed by atoms with van der Waals surface area (Å²) in [6.45, 7) is 1.98. The van der Waals surface area contributed by atoms with Crippen LogP contribution in [0.4, 0.5) is 5.82 Å². The molecule has 0 unspecified atom stereocenters. The van der Waals surface area contributed by atoms with Gasteiger partial charge < -0.3 is 5.73 Å². The van der Waals surface area contributed by atoms with E-state index in [1.165, 1.54) is 11.8 Å². The van der Waals surface area contributed by atoms with Crippen LogP contribution in [0.3, 0.4) is 0 Å². The number of nitrogens with zero attached hydrogens (tertiary/aromatic N) is 2. The molecule has 0 saturated carbocycles. The highest BCUT2D eigenvalue weighted by Crippen LogP contribution is 2.34. The van der Waals surface area contributed by atoms with Crippen LogP contribution in [0.1, 0.15) is 12.7 Å². The molecule has 0 fully saturated rings. The van der Waals surface area contributed by atoms with Crippen molar-refractivity contribution in [1.82, 2.24) is 9.97 Å². The summed E-state index contributed by atoms with van der Waals surface area (Å²) in [5, 5.41) is 2.04. The molecular weight excluding hydrogens is 289 g/mol. The average Bonchev–Trinajstić information content (AvgIpc) is 2.33. The number of rotatable bonds is 3. The Labute approximate surface area is 120 Å². The standard InChI is InChI=1S/C12H11Cl2N3S/c1-2-11-16-10(15)6-12(17-11)18-9-5-7(13)3-4-8(9)14/h3-6H,2H2,1H3,(H2,15,16,17). The molecule has 2 rings (SSSR count). The first-order valence-corrected chi connectivity index (χ1v) is 6.92. The molecule has 6 heteroatoms. The zero-order chi connectivity index (χ0) is 13.1. The van der Waals surface area contributed by atoms with Gasteiger partial charge in [0.05, 0.1) is 5.02 Å². The van der Waals surface area contributed by atoms with Crippen LogP contribution in [0.15, 0.2) is 34.2 Å². The number of nitrogens with two attached hydrogens (primary N) is 1. The van der Waals surface area contributed by atoms with Gasteiger partial charge in [-0.05, 0) is 18.2 Å². The van der Waals surface area contributed by atoms with Crippen molar-refractivity contribution >= 4 is 40.8 Å². The summed E-state index contributed by atoms with van der Waals surface area (Å²) in [5.74, 6) is 1.18. The predicted octanol–water partition coefficient (Wildman–Crippen LogP) is 4.08. The summed E-state index contributed by atoms with van der Waals surface area (Å²) in [6.07, 6.45) is 0.738. The summed E-state index contributed by atoms with van der Waals surface area (Å²) < 4.78 is 0. The van der Waals surface area contributed by atoms with E-state index in [4.69, 9.17) is 28.9 Å². The number of benzene rings is 1. The second-order valence-electron chi connectivity index (χ2n) is 3.58. The zero-order valence-corrected chi connectivity index (χ0v) is 12.0. The maximum Gasteiger partial charge on any atom is 0.131 e. The molecule has 0 amide bonds. The highest BCUT2D eigenvalue weighted by Gasteiger charge is 2.07. The van der Waals surface area contributed by atoms with Crippen molar-refractivity contribution in [2.75, 3.05) is 5.73 Å². The maximum absolute atomic E-state index is 6.11. The van der Waals surface area contributed by atoms with Crippen LogP contribution in [0.5, 0.6) is 0 Å². The van der Waals surface area contributed by atoms with Crippen molar-refractivity contribution in [1.29, 1.82) is 0 Å². The Kier molecular flexibility index (Phi) is 4.32. The molecule has 0 spiro atoms. The van der Waals surface area contributed by atoms with Gasteiger partial charge in [0.25, 0.3) is 0 Å². The molecule has 0 aliphatic heterocycles. The molecule has 3 nitrogen and oxygen atoms in total. The van der Waals surface area contributed by atoms with Crippen LogP contribution in [-0.4, -0.2) is 9.97 Å². The van der Waals surface area contributed by atoms with E-state index in [1.807, 2.05) is 6.92 Å². The van der Waals surface area contributed by atoms with E-state index in [1.54, 1.807) is 24.3 Å². The molecule has 1 aromatic carbocycles. The Bertz CT molecular complexity index is 575. The number of hydrogen-bond donors (Lipinski definition) is 1. The number of anilines is 1. The SMILES string of the molecule is CCc1nc(N)cc(Sc2cc(Cl)ccc2Cl)n1. The molecule has 18 heavy (non-hydrogen) atoms. The molecule has 0 saturated heterocycles. The number of halogens is 2. The van der Waals surface area contributed by atoms with Crippen molar-refractivity contribution in [3.05, 3.63) is 40.1 Å².